The van der Waals surface area contributed by atoms with Crippen LogP contribution in [0.2, 0.25) is 0 Å². The molecule has 0 spiro atoms. The van der Waals surface area contributed by atoms with E-state index in [-0.39, 0.29) is 0 Å². The van der Waals surface area contributed by atoms with Gasteiger partial charge in [-0.05, 0) is 29.3 Å². The number of hydrogen-bond donors (Lipinski definition) is 0. The van der Waals surface area contributed by atoms with Crippen LogP contribution in [0.1, 0.15) is 11.1 Å². The number of nitriles is 1. The van der Waals surface area contributed by atoms with Gasteiger partial charge in [0.2, 0.25) is 0 Å². The Morgan fingerprint density at radius 3 is 3.15 bits per heavy atom. The molecule has 1 aliphatic rings. The summed E-state index contributed by atoms with van der Waals surface area (Å²) in [7, 11) is 0. The van der Waals surface area contributed by atoms with E-state index in [1.807, 2.05) is 24.3 Å². The molecular weight excluding hydrogens is 162 g/mol. The third-order valence-electron chi connectivity index (χ3n) is 2.17. The van der Waals surface area contributed by atoms with Gasteiger partial charge in [-0.15, -0.1) is 0 Å². The molecule has 0 bridgehead atoms. The summed E-state index contributed by atoms with van der Waals surface area (Å²) in [6, 6.07) is 7.79. The SMILES string of the molecule is C=C(C#N)c1ccc2c(c1)CCO2. The zero-order valence-corrected chi connectivity index (χ0v) is 7.21. The van der Waals surface area contributed by atoms with Crippen molar-refractivity contribution in [3.8, 4) is 11.8 Å². The predicted octanol–water partition coefficient (Wildman–Crippen LogP) is 2.16. The van der Waals surface area contributed by atoms with E-state index in [0.29, 0.717) is 5.57 Å². The topological polar surface area (TPSA) is 33.0 Å². The average Bonchev–Trinajstić information content (AvgIpc) is 2.63. The highest BCUT2D eigenvalue weighted by atomic mass is 16.5. The van der Waals surface area contributed by atoms with Crippen LogP contribution in [-0.2, 0) is 6.42 Å². The monoisotopic (exact) mass is 171 g/mol. The van der Waals surface area contributed by atoms with Crippen LogP contribution in [0.3, 0.4) is 0 Å². The van der Waals surface area contributed by atoms with Gasteiger partial charge in [0, 0.05) is 6.42 Å². The van der Waals surface area contributed by atoms with E-state index in [9.17, 15) is 0 Å². The molecule has 0 aliphatic carbocycles. The Hall–Kier alpha value is -1.75. The molecule has 1 aromatic carbocycles. The summed E-state index contributed by atoms with van der Waals surface area (Å²) in [4.78, 5) is 0. The fourth-order valence-corrected chi connectivity index (χ4v) is 1.44. The molecule has 1 aromatic rings. The molecule has 2 rings (SSSR count). The highest BCUT2D eigenvalue weighted by Gasteiger charge is 2.12. The molecule has 0 atom stereocenters. The minimum atomic E-state index is 0.509. The summed E-state index contributed by atoms with van der Waals surface area (Å²) in [5, 5.41) is 8.66. The first-order chi connectivity index (χ1) is 6.31. The second kappa shape index (κ2) is 2.95. The molecular formula is C11H9NO. The van der Waals surface area contributed by atoms with Gasteiger partial charge >= 0.3 is 0 Å². The van der Waals surface area contributed by atoms with Crippen LogP contribution in [-0.4, -0.2) is 6.61 Å². The number of benzene rings is 1. The number of allylic oxidation sites excluding steroid dienone is 1. The maximum absolute atomic E-state index is 8.66. The Morgan fingerprint density at radius 2 is 2.38 bits per heavy atom. The van der Waals surface area contributed by atoms with Gasteiger partial charge in [0.1, 0.15) is 5.75 Å². The second-order valence-electron chi connectivity index (χ2n) is 3.01. The van der Waals surface area contributed by atoms with Gasteiger partial charge < -0.3 is 4.74 Å². The Kier molecular flexibility index (Phi) is 1.79. The first kappa shape index (κ1) is 7.88. The highest BCUT2D eigenvalue weighted by molar-refractivity contribution is 5.75. The van der Waals surface area contributed by atoms with E-state index < -0.39 is 0 Å². The molecule has 1 heterocycles. The summed E-state index contributed by atoms with van der Waals surface area (Å²) in [5.41, 5.74) is 2.58. The van der Waals surface area contributed by atoms with Crippen LogP contribution in [0.25, 0.3) is 5.57 Å². The molecule has 0 amide bonds. The molecule has 0 saturated heterocycles. The molecule has 2 heteroatoms. The summed E-state index contributed by atoms with van der Waals surface area (Å²) in [5.74, 6) is 0.939. The lowest BCUT2D eigenvalue weighted by molar-refractivity contribution is 0.357. The van der Waals surface area contributed by atoms with Crippen molar-refractivity contribution >= 4 is 5.57 Å². The zero-order chi connectivity index (χ0) is 9.26. The van der Waals surface area contributed by atoms with Crippen LogP contribution in [0.4, 0.5) is 0 Å². The van der Waals surface area contributed by atoms with Crippen molar-refractivity contribution in [1.82, 2.24) is 0 Å². The van der Waals surface area contributed by atoms with Crippen molar-refractivity contribution in [1.29, 1.82) is 5.26 Å². The standard InChI is InChI=1S/C11H9NO/c1-8(7-12)9-2-3-11-10(6-9)4-5-13-11/h2-3,6H,1,4-5H2. The van der Waals surface area contributed by atoms with Crippen LogP contribution < -0.4 is 4.74 Å². The van der Waals surface area contributed by atoms with Crippen molar-refractivity contribution in [3.63, 3.8) is 0 Å². The molecule has 0 N–H and O–H groups in total. The molecule has 64 valence electrons. The van der Waals surface area contributed by atoms with Gasteiger partial charge in [-0.3, -0.25) is 0 Å². The summed E-state index contributed by atoms with van der Waals surface area (Å²) >= 11 is 0. The quantitative estimate of drug-likeness (QED) is 0.606. The van der Waals surface area contributed by atoms with Gasteiger partial charge in [-0.1, -0.05) is 6.58 Å². The molecule has 2 nitrogen and oxygen atoms in total. The van der Waals surface area contributed by atoms with Crippen LogP contribution in [0, 0.1) is 11.3 Å². The van der Waals surface area contributed by atoms with Crippen molar-refractivity contribution in [2.75, 3.05) is 6.61 Å². The first-order valence-electron chi connectivity index (χ1n) is 4.16. The number of fused-ring (bicyclic) bond motifs is 1. The lowest BCUT2D eigenvalue weighted by Crippen LogP contribution is -1.85. The Balaban J connectivity index is 2.43. The Bertz CT molecular complexity index is 401. The smallest absolute Gasteiger partial charge is 0.122 e. The van der Waals surface area contributed by atoms with Crippen LogP contribution in [0.15, 0.2) is 24.8 Å². The molecule has 0 unspecified atom stereocenters. The summed E-state index contributed by atoms with van der Waals surface area (Å²) in [6.45, 7) is 4.41. The number of hydrogen-bond acceptors (Lipinski definition) is 2. The zero-order valence-electron chi connectivity index (χ0n) is 7.21. The Labute approximate surface area is 77.1 Å². The Morgan fingerprint density at radius 1 is 1.54 bits per heavy atom. The van der Waals surface area contributed by atoms with E-state index in [4.69, 9.17) is 10.00 Å². The minimum Gasteiger partial charge on any atom is -0.493 e. The van der Waals surface area contributed by atoms with E-state index in [1.54, 1.807) is 0 Å². The normalized spacial score (nSPS) is 12.8. The first-order valence-corrected chi connectivity index (χ1v) is 4.16. The maximum atomic E-state index is 8.66. The van der Waals surface area contributed by atoms with Gasteiger partial charge in [0.05, 0.1) is 18.2 Å². The summed E-state index contributed by atoms with van der Waals surface area (Å²) in [6.07, 6.45) is 0.932. The number of nitrogens with zero attached hydrogens (tertiary/aromatic N) is 1. The van der Waals surface area contributed by atoms with Crippen molar-refractivity contribution in [3.05, 3.63) is 35.9 Å². The van der Waals surface area contributed by atoms with Crippen molar-refractivity contribution in [2.45, 2.75) is 6.42 Å². The molecule has 0 fully saturated rings. The number of rotatable bonds is 1. The van der Waals surface area contributed by atoms with Crippen LogP contribution in [0.5, 0.6) is 5.75 Å². The van der Waals surface area contributed by atoms with Gasteiger partial charge in [-0.25, -0.2) is 0 Å². The van der Waals surface area contributed by atoms with Crippen molar-refractivity contribution in [2.24, 2.45) is 0 Å². The lowest BCUT2D eigenvalue weighted by Gasteiger charge is -2.00. The minimum absolute atomic E-state index is 0.509. The third-order valence-corrected chi connectivity index (χ3v) is 2.17. The van der Waals surface area contributed by atoms with Crippen LogP contribution >= 0.6 is 0 Å². The van der Waals surface area contributed by atoms with E-state index in [2.05, 4.69) is 6.58 Å². The maximum Gasteiger partial charge on any atom is 0.122 e. The summed E-state index contributed by atoms with van der Waals surface area (Å²) < 4.78 is 5.35. The van der Waals surface area contributed by atoms with Gasteiger partial charge in [-0.2, -0.15) is 5.26 Å². The molecule has 13 heavy (non-hydrogen) atoms. The van der Waals surface area contributed by atoms with Gasteiger partial charge in [0.25, 0.3) is 0 Å². The van der Waals surface area contributed by atoms with E-state index >= 15 is 0 Å². The fourth-order valence-electron chi connectivity index (χ4n) is 1.44. The van der Waals surface area contributed by atoms with Crippen molar-refractivity contribution < 1.29 is 4.74 Å². The molecule has 0 aromatic heterocycles. The molecule has 0 radical (unpaired) electrons. The predicted molar refractivity (Wildman–Crippen MR) is 50.3 cm³/mol. The fraction of sp³-hybridized carbons (Fsp3) is 0.182. The van der Waals surface area contributed by atoms with Gasteiger partial charge in [0.15, 0.2) is 0 Å². The number of ether oxygens (including phenoxy) is 1. The third kappa shape index (κ3) is 1.29. The van der Waals surface area contributed by atoms with E-state index in [1.165, 1.54) is 5.56 Å². The molecule has 1 aliphatic heterocycles. The highest BCUT2D eigenvalue weighted by Crippen LogP contribution is 2.27. The second-order valence-corrected chi connectivity index (χ2v) is 3.01. The average molecular weight is 171 g/mol. The largest absolute Gasteiger partial charge is 0.493 e. The van der Waals surface area contributed by atoms with E-state index in [0.717, 1.165) is 24.3 Å². The lowest BCUT2D eigenvalue weighted by atomic mass is 10.0. The molecule has 0 saturated carbocycles.